The van der Waals surface area contributed by atoms with Gasteiger partial charge in [0.2, 0.25) is 5.91 Å². The van der Waals surface area contributed by atoms with E-state index in [-0.39, 0.29) is 12.3 Å². The van der Waals surface area contributed by atoms with E-state index < -0.39 is 6.04 Å². The van der Waals surface area contributed by atoms with Crippen molar-refractivity contribution in [2.45, 2.75) is 19.0 Å². The molecule has 0 bridgehead atoms. The fourth-order valence-corrected chi connectivity index (χ4v) is 1.43. The zero-order valence-corrected chi connectivity index (χ0v) is 9.39. The maximum atomic E-state index is 11.7. The van der Waals surface area contributed by atoms with E-state index in [2.05, 4.69) is 5.92 Å². The number of hydrogen-bond acceptors (Lipinski definition) is 2. The molecule has 0 radical (unpaired) electrons. The summed E-state index contributed by atoms with van der Waals surface area (Å²) in [5.41, 5.74) is 6.72. The molecule has 0 saturated heterocycles. The summed E-state index contributed by atoms with van der Waals surface area (Å²) < 4.78 is 0. The van der Waals surface area contributed by atoms with E-state index in [0.717, 1.165) is 5.56 Å². The lowest BCUT2D eigenvalue weighted by molar-refractivity contribution is -0.131. The van der Waals surface area contributed by atoms with Gasteiger partial charge in [-0.15, -0.1) is 12.3 Å². The van der Waals surface area contributed by atoms with E-state index in [1.54, 1.807) is 11.9 Å². The van der Waals surface area contributed by atoms with Crippen LogP contribution in [0.4, 0.5) is 0 Å². The van der Waals surface area contributed by atoms with Crippen molar-refractivity contribution in [2.75, 3.05) is 7.05 Å². The Kier molecular flexibility index (Phi) is 4.56. The number of carbonyl (C=O) groups excluding carboxylic acids is 1. The van der Waals surface area contributed by atoms with Crippen LogP contribution in [0.1, 0.15) is 12.0 Å². The van der Waals surface area contributed by atoms with Crippen LogP contribution in [0.25, 0.3) is 0 Å². The minimum absolute atomic E-state index is 0.123. The van der Waals surface area contributed by atoms with E-state index in [4.69, 9.17) is 12.2 Å². The predicted octanol–water partition coefficient (Wildman–Crippen LogP) is 0.996. The summed E-state index contributed by atoms with van der Waals surface area (Å²) in [5, 5.41) is 0. The van der Waals surface area contributed by atoms with Crippen molar-refractivity contribution in [1.82, 2.24) is 4.90 Å². The van der Waals surface area contributed by atoms with Crippen LogP contribution in [0.5, 0.6) is 0 Å². The minimum atomic E-state index is -0.598. The second-order valence-corrected chi connectivity index (χ2v) is 3.69. The minimum Gasteiger partial charge on any atom is -0.340 e. The molecular weight excluding hydrogens is 200 g/mol. The Labute approximate surface area is 96.2 Å². The van der Waals surface area contributed by atoms with Crippen molar-refractivity contribution in [3.63, 3.8) is 0 Å². The van der Waals surface area contributed by atoms with Gasteiger partial charge in [-0.3, -0.25) is 4.79 Å². The molecule has 1 amide bonds. The Morgan fingerprint density at radius 2 is 2.12 bits per heavy atom. The highest BCUT2D eigenvalue weighted by Gasteiger charge is 2.16. The molecule has 2 N–H and O–H groups in total. The van der Waals surface area contributed by atoms with Gasteiger partial charge in [-0.25, -0.2) is 0 Å². The summed E-state index contributed by atoms with van der Waals surface area (Å²) in [6.45, 7) is 0.554. The number of likely N-dealkylation sites (N-methyl/N-ethyl adjacent to an activating group) is 1. The molecule has 1 aromatic carbocycles. The molecule has 1 unspecified atom stereocenters. The average molecular weight is 216 g/mol. The molecule has 1 rings (SSSR count). The predicted molar refractivity (Wildman–Crippen MR) is 64.3 cm³/mol. The number of amides is 1. The molecule has 1 atom stereocenters. The number of nitrogens with zero attached hydrogens (tertiary/aromatic N) is 1. The van der Waals surface area contributed by atoms with Crippen LogP contribution in [0, 0.1) is 12.3 Å². The highest BCUT2D eigenvalue weighted by atomic mass is 16.2. The van der Waals surface area contributed by atoms with Gasteiger partial charge in [0.25, 0.3) is 0 Å². The number of hydrogen-bond donors (Lipinski definition) is 1. The van der Waals surface area contributed by atoms with Crippen LogP contribution in [0.3, 0.4) is 0 Å². The van der Waals surface area contributed by atoms with Crippen LogP contribution < -0.4 is 5.73 Å². The fourth-order valence-electron chi connectivity index (χ4n) is 1.43. The normalized spacial score (nSPS) is 11.6. The van der Waals surface area contributed by atoms with Gasteiger partial charge in [0.05, 0.1) is 6.04 Å². The Hall–Kier alpha value is -1.79. The third-order valence-corrected chi connectivity index (χ3v) is 2.29. The van der Waals surface area contributed by atoms with Gasteiger partial charge in [0.1, 0.15) is 0 Å². The van der Waals surface area contributed by atoms with Crippen LogP contribution in [-0.4, -0.2) is 23.9 Å². The second-order valence-electron chi connectivity index (χ2n) is 3.69. The van der Waals surface area contributed by atoms with Crippen molar-refractivity contribution in [3.8, 4) is 12.3 Å². The zero-order valence-electron chi connectivity index (χ0n) is 9.39. The first-order valence-electron chi connectivity index (χ1n) is 5.13. The van der Waals surface area contributed by atoms with E-state index in [1.807, 2.05) is 30.3 Å². The highest BCUT2D eigenvalue weighted by Crippen LogP contribution is 2.04. The Morgan fingerprint density at radius 1 is 1.50 bits per heavy atom. The van der Waals surface area contributed by atoms with Crippen molar-refractivity contribution >= 4 is 5.91 Å². The van der Waals surface area contributed by atoms with Gasteiger partial charge in [0, 0.05) is 20.0 Å². The van der Waals surface area contributed by atoms with Gasteiger partial charge < -0.3 is 10.6 Å². The molecule has 0 aliphatic heterocycles. The molecule has 0 aliphatic rings. The quantitative estimate of drug-likeness (QED) is 0.763. The molecule has 84 valence electrons. The van der Waals surface area contributed by atoms with E-state index in [9.17, 15) is 4.79 Å². The first-order chi connectivity index (χ1) is 7.65. The summed E-state index contributed by atoms with van der Waals surface area (Å²) in [7, 11) is 1.73. The number of carbonyl (C=O) groups is 1. The summed E-state index contributed by atoms with van der Waals surface area (Å²) in [6.07, 6.45) is 5.39. The molecule has 16 heavy (non-hydrogen) atoms. The van der Waals surface area contributed by atoms with Crippen LogP contribution in [0.2, 0.25) is 0 Å². The van der Waals surface area contributed by atoms with Gasteiger partial charge in [0.15, 0.2) is 0 Å². The Balaban J connectivity index is 2.56. The summed E-state index contributed by atoms with van der Waals surface area (Å²) in [5.74, 6) is 2.27. The van der Waals surface area contributed by atoms with E-state index in [1.165, 1.54) is 0 Å². The van der Waals surface area contributed by atoms with Crippen LogP contribution >= 0.6 is 0 Å². The van der Waals surface area contributed by atoms with Crippen LogP contribution in [-0.2, 0) is 11.3 Å². The molecule has 1 aromatic rings. The smallest absolute Gasteiger partial charge is 0.240 e. The van der Waals surface area contributed by atoms with Gasteiger partial charge in [-0.1, -0.05) is 30.3 Å². The molecule has 3 nitrogen and oxygen atoms in total. The second kappa shape index (κ2) is 5.94. The van der Waals surface area contributed by atoms with Gasteiger partial charge in [-0.05, 0) is 5.56 Å². The number of nitrogens with two attached hydrogens (primary N) is 1. The Morgan fingerprint density at radius 3 is 2.69 bits per heavy atom. The number of rotatable bonds is 4. The number of benzene rings is 1. The monoisotopic (exact) mass is 216 g/mol. The molecule has 0 fully saturated rings. The van der Waals surface area contributed by atoms with Gasteiger partial charge >= 0.3 is 0 Å². The maximum Gasteiger partial charge on any atom is 0.240 e. The Bertz CT molecular complexity index is 381. The topological polar surface area (TPSA) is 46.3 Å². The lowest BCUT2D eigenvalue weighted by Gasteiger charge is -2.20. The van der Waals surface area contributed by atoms with Crippen molar-refractivity contribution in [1.29, 1.82) is 0 Å². The van der Waals surface area contributed by atoms with E-state index in [0.29, 0.717) is 6.54 Å². The molecule has 0 aromatic heterocycles. The maximum absolute atomic E-state index is 11.7. The third-order valence-electron chi connectivity index (χ3n) is 2.29. The summed E-state index contributed by atoms with van der Waals surface area (Å²) in [4.78, 5) is 13.3. The SMILES string of the molecule is C#CCC(N)C(=O)N(C)Cc1ccccc1. The largest absolute Gasteiger partial charge is 0.340 e. The zero-order chi connectivity index (χ0) is 12.0. The first kappa shape index (κ1) is 12.3. The summed E-state index contributed by atoms with van der Waals surface area (Å²) in [6, 6.07) is 9.16. The summed E-state index contributed by atoms with van der Waals surface area (Å²) >= 11 is 0. The lowest BCUT2D eigenvalue weighted by atomic mass is 10.1. The average Bonchev–Trinajstić information content (AvgIpc) is 2.29. The third kappa shape index (κ3) is 3.41. The molecule has 0 saturated carbocycles. The van der Waals surface area contributed by atoms with Crippen molar-refractivity contribution < 1.29 is 4.79 Å². The molecular formula is C13H16N2O. The van der Waals surface area contributed by atoms with Crippen molar-refractivity contribution in [2.24, 2.45) is 5.73 Å². The molecule has 0 spiro atoms. The molecule has 3 heteroatoms. The first-order valence-corrected chi connectivity index (χ1v) is 5.13. The highest BCUT2D eigenvalue weighted by molar-refractivity contribution is 5.81. The van der Waals surface area contributed by atoms with E-state index >= 15 is 0 Å². The molecule has 0 heterocycles. The standard InChI is InChI=1S/C13H16N2O/c1-3-7-12(14)13(16)15(2)10-11-8-5-4-6-9-11/h1,4-6,8-9,12H,7,10,14H2,2H3. The number of terminal acetylenes is 1. The fraction of sp³-hybridized carbons (Fsp3) is 0.308. The lowest BCUT2D eigenvalue weighted by Crippen LogP contribution is -2.41. The van der Waals surface area contributed by atoms with Crippen molar-refractivity contribution in [3.05, 3.63) is 35.9 Å². The van der Waals surface area contributed by atoms with Gasteiger partial charge in [-0.2, -0.15) is 0 Å². The van der Waals surface area contributed by atoms with Crippen LogP contribution in [0.15, 0.2) is 30.3 Å². The molecule has 0 aliphatic carbocycles.